The number of carbonyl (C=O) groups is 2. The fourth-order valence-corrected chi connectivity index (χ4v) is 3.65. The number of hydrogen-bond donors (Lipinski definition) is 2. The molecule has 0 unspecified atom stereocenters. The minimum absolute atomic E-state index is 0.122. The van der Waals surface area contributed by atoms with E-state index in [9.17, 15) is 9.59 Å². The first-order valence-electron chi connectivity index (χ1n) is 6.49. The quantitative estimate of drug-likeness (QED) is 0.815. The van der Waals surface area contributed by atoms with E-state index in [-0.39, 0.29) is 17.9 Å². The first kappa shape index (κ1) is 16.5. The van der Waals surface area contributed by atoms with Crippen molar-refractivity contribution in [1.82, 2.24) is 5.32 Å². The monoisotopic (exact) mass is 347 g/mol. The Morgan fingerprint density at radius 3 is 2.57 bits per heavy atom. The Morgan fingerprint density at radius 2 is 2.00 bits per heavy atom. The summed E-state index contributed by atoms with van der Waals surface area (Å²) in [6, 6.07) is 3.09. The highest BCUT2D eigenvalue weighted by atomic mass is 35.5. The van der Waals surface area contributed by atoms with Gasteiger partial charge >= 0.3 is 5.97 Å². The summed E-state index contributed by atoms with van der Waals surface area (Å²) in [5, 5.41) is 12.6. The maximum absolute atomic E-state index is 12.3. The first-order chi connectivity index (χ1) is 9.92. The van der Waals surface area contributed by atoms with Gasteiger partial charge in [-0.3, -0.25) is 9.59 Å². The van der Waals surface area contributed by atoms with E-state index in [0.717, 1.165) is 4.90 Å². The average molecular weight is 348 g/mol. The van der Waals surface area contributed by atoms with Crippen molar-refractivity contribution < 1.29 is 14.7 Å². The fourth-order valence-electron chi connectivity index (χ4n) is 2.46. The molecule has 0 aromatic heterocycles. The van der Waals surface area contributed by atoms with E-state index in [1.807, 2.05) is 6.26 Å². The first-order valence-corrected chi connectivity index (χ1v) is 8.47. The van der Waals surface area contributed by atoms with Gasteiger partial charge in [-0.2, -0.15) is 0 Å². The Balaban J connectivity index is 2.09. The zero-order valence-electron chi connectivity index (χ0n) is 11.4. The van der Waals surface area contributed by atoms with Gasteiger partial charge in [-0.25, -0.2) is 0 Å². The van der Waals surface area contributed by atoms with Gasteiger partial charge in [0.15, 0.2) is 0 Å². The Kier molecular flexibility index (Phi) is 5.41. The van der Waals surface area contributed by atoms with Crippen LogP contribution in [-0.2, 0) is 4.79 Å². The topological polar surface area (TPSA) is 66.4 Å². The molecular formula is C14H15Cl2NO3S. The SMILES string of the molecule is CSc1cc(C(=O)N[C@@H]2CC[C@H](C(=O)O)C2)c(Cl)cc1Cl. The summed E-state index contributed by atoms with van der Waals surface area (Å²) in [7, 11) is 0. The Morgan fingerprint density at radius 1 is 1.29 bits per heavy atom. The standard InChI is InChI=1S/C14H15Cl2NO3S/c1-21-12-5-9(10(15)6-11(12)16)13(18)17-8-3-2-7(4-8)14(19)20/h5-8H,2-4H2,1H3,(H,17,18)(H,19,20)/t7-,8+/m0/s1. The largest absolute Gasteiger partial charge is 0.481 e. The van der Waals surface area contributed by atoms with Crippen molar-refractivity contribution in [2.45, 2.75) is 30.2 Å². The molecule has 114 valence electrons. The summed E-state index contributed by atoms with van der Waals surface area (Å²) >= 11 is 13.5. The van der Waals surface area contributed by atoms with Gasteiger partial charge in [0.25, 0.3) is 5.91 Å². The number of hydrogen-bond acceptors (Lipinski definition) is 3. The molecule has 2 atom stereocenters. The van der Waals surface area contributed by atoms with E-state index >= 15 is 0 Å². The third-order valence-corrected chi connectivity index (χ3v) is 5.12. The Hall–Kier alpha value is -0.910. The minimum atomic E-state index is -0.805. The van der Waals surface area contributed by atoms with Gasteiger partial charge in [0.05, 0.1) is 21.5 Å². The number of thioether (sulfide) groups is 1. The smallest absolute Gasteiger partial charge is 0.306 e. The third kappa shape index (κ3) is 3.84. The van der Waals surface area contributed by atoms with E-state index in [2.05, 4.69) is 5.32 Å². The number of carbonyl (C=O) groups excluding carboxylic acids is 1. The van der Waals surface area contributed by atoms with Gasteiger partial charge in [0, 0.05) is 10.9 Å². The van der Waals surface area contributed by atoms with Gasteiger partial charge in [-0.15, -0.1) is 11.8 Å². The molecule has 0 aliphatic heterocycles. The minimum Gasteiger partial charge on any atom is -0.481 e. The van der Waals surface area contributed by atoms with Gasteiger partial charge in [0.1, 0.15) is 0 Å². The van der Waals surface area contributed by atoms with Crippen LogP contribution in [0.2, 0.25) is 10.0 Å². The number of benzene rings is 1. The van der Waals surface area contributed by atoms with Gasteiger partial charge < -0.3 is 10.4 Å². The number of halogens is 2. The maximum atomic E-state index is 12.3. The predicted octanol–water partition coefficient (Wildman–Crippen LogP) is 3.70. The highest BCUT2D eigenvalue weighted by Crippen LogP contribution is 2.32. The van der Waals surface area contributed by atoms with Crippen LogP contribution in [0.1, 0.15) is 29.6 Å². The molecule has 1 aliphatic rings. The van der Waals surface area contributed by atoms with Crippen molar-refractivity contribution in [2.24, 2.45) is 5.92 Å². The molecule has 0 saturated heterocycles. The molecule has 1 saturated carbocycles. The molecule has 0 spiro atoms. The molecule has 0 heterocycles. The van der Waals surface area contributed by atoms with Crippen LogP contribution in [0.4, 0.5) is 0 Å². The number of aliphatic carboxylic acids is 1. The second-order valence-electron chi connectivity index (χ2n) is 4.99. The fraction of sp³-hybridized carbons (Fsp3) is 0.429. The summed E-state index contributed by atoms with van der Waals surface area (Å²) in [4.78, 5) is 24.0. The van der Waals surface area contributed by atoms with Crippen molar-refractivity contribution in [2.75, 3.05) is 6.26 Å². The van der Waals surface area contributed by atoms with E-state index in [1.165, 1.54) is 11.8 Å². The van der Waals surface area contributed by atoms with Gasteiger partial charge in [-0.1, -0.05) is 23.2 Å². The van der Waals surface area contributed by atoms with Gasteiger partial charge in [0.2, 0.25) is 0 Å². The van der Waals surface area contributed by atoms with E-state index in [4.69, 9.17) is 28.3 Å². The van der Waals surface area contributed by atoms with Crippen molar-refractivity contribution in [3.63, 3.8) is 0 Å². The molecule has 0 bridgehead atoms. The maximum Gasteiger partial charge on any atom is 0.306 e. The molecule has 7 heteroatoms. The number of amides is 1. The van der Waals surface area contributed by atoms with Crippen LogP contribution >= 0.6 is 35.0 Å². The summed E-state index contributed by atoms with van der Waals surface area (Å²) in [6.45, 7) is 0. The normalized spacial score (nSPS) is 21.3. The van der Waals surface area contributed by atoms with Crippen molar-refractivity contribution in [3.8, 4) is 0 Å². The van der Waals surface area contributed by atoms with Crippen molar-refractivity contribution in [1.29, 1.82) is 0 Å². The average Bonchev–Trinajstić information content (AvgIpc) is 2.87. The Bertz CT molecular complexity index is 580. The third-order valence-electron chi connectivity index (χ3n) is 3.60. The van der Waals surface area contributed by atoms with E-state index < -0.39 is 5.97 Å². The van der Waals surface area contributed by atoms with Crippen LogP contribution in [0.25, 0.3) is 0 Å². The van der Waals surface area contributed by atoms with E-state index in [0.29, 0.717) is 34.9 Å². The summed E-state index contributed by atoms with van der Waals surface area (Å²) in [5.41, 5.74) is 0.365. The molecule has 1 fully saturated rings. The van der Waals surface area contributed by atoms with Crippen LogP contribution in [0.3, 0.4) is 0 Å². The second-order valence-corrected chi connectivity index (χ2v) is 6.65. The molecule has 2 N–H and O–H groups in total. The zero-order valence-corrected chi connectivity index (χ0v) is 13.7. The molecule has 1 aromatic rings. The zero-order chi connectivity index (χ0) is 15.6. The Labute approximate surface area is 137 Å². The summed E-state index contributed by atoms with van der Waals surface area (Å²) in [6.07, 6.45) is 3.58. The number of rotatable bonds is 4. The van der Waals surface area contributed by atoms with Crippen LogP contribution in [0.15, 0.2) is 17.0 Å². The molecule has 0 radical (unpaired) electrons. The lowest BCUT2D eigenvalue weighted by Gasteiger charge is -2.14. The van der Waals surface area contributed by atoms with Crippen LogP contribution < -0.4 is 5.32 Å². The van der Waals surface area contributed by atoms with Crippen LogP contribution in [0, 0.1) is 5.92 Å². The summed E-state index contributed by atoms with van der Waals surface area (Å²) < 4.78 is 0. The number of carboxylic acid groups (broad SMARTS) is 1. The lowest BCUT2D eigenvalue weighted by molar-refractivity contribution is -0.141. The van der Waals surface area contributed by atoms with Crippen LogP contribution in [-0.4, -0.2) is 29.3 Å². The second kappa shape index (κ2) is 6.90. The molecule has 2 rings (SSSR count). The lowest BCUT2D eigenvalue weighted by atomic mass is 10.1. The molecule has 21 heavy (non-hydrogen) atoms. The molecular weight excluding hydrogens is 333 g/mol. The van der Waals surface area contributed by atoms with Gasteiger partial charge in [-0.05, 0) is 37.7 Å². The summed E-state index contributed by atoms with van der Waals surface area (Å²) in [5.74, 6) is -1.47. The number of nitrogens with one attached hydrogen (secondary N) is 1. The van der Waals surface area contributed by atoms with Crippen molar-refractivity contribution >= 4 is 46.8 Å². The van der Waals surface area contributed by atoms with E-state index in [1.54, 1.807) is 12.1 Å². The lowest BCUT2D eigenvalue weighted by Crippen LogP contribution is -2.33. The van der Waals surface area contributed by atoms with Crippen LogP contribution in [0.5, 0.6) is 0 Å². The molecule has 1 amide bonds. The number of carboxylic acids is 1. The molecule has 1 aromatic carbocycles. The predicted molar refractivity (Wildman–Crippen MR) is 84.5 cm³/mol. The van der Waals surface area contributed by atoms with Crippen molar-refractivity contribution in [3.05, 3.63) is 27.7 Å². The molecule has 4 nitrogen and oxygen atoms in total. The molecule has 1 aliphatic carbocycles. The highest BCUT2D eigenvalue weighted by Gasteiger charge is 2.31. The highest BCUT2D eigenvalue weighted by molar-refractivity contribution is 7.98.